The first-order valence-electron chi connectivity index (χ1n) is 4.84. The lowest BCUT2D eigenvalue weighted by molar-refractivity contribution is 1.15. The molecule has 0 unspecified atom stereocenters. The van der Waals surface area contributed by atoms with Crippen molar-refractivity contribution in [3.63, 3.8) is 0 Å². The molecule has 0 aliphatic heterocycles. The maximum atomic E-state index is 11.2. The van der Waals surface area contributed by atoms with Gasteiger partial charge in [-0.15, -0.1) is 0 Å². The summed E-state index contributed by atoms with van der Waals surface area (Å²) in [5.74, 6) is 0. The van der Waals surface area contributed by atoms with E-state index in [1.165, 1.54) is 6.07 Å². The zero-order chi connectivity index (χ0) is 12.6. The van der Waals surface area contributed by atoms with E-state index in [2.05, 4.69) is 4.98 Å². The number of aromatic amines is 1. The van der Waals surface area contributed by atoms with Crippen LogP contribution in [-0.2, 0) is 0 Å². The van der Waals surface area contributed by atoms with Crippen LogP contribution in [0.25, 0.3) is 11.1 Å². The Morgan fingerprint density at radius 1 is 1.00 bits per heavy atom. The van der Waals surface area contributed by atoms with Crippen molar-refractivity contribution in [1.82, 2.24) is 4.98 Å². The molecule has 2 rings (SSSR count). The summed E-state index contributed by atoms with van der Waals surface area (Å²) in [6, 6.07) is 6.42. The Balaban J connectivity index is 2.76. The predicted octanol–water partition coefficient (Wildman–Crippen LogP) is 4.31. The van der Waals surface area contributed by atoms with Crippen molar-refractivity contribution in [2.75, 3.05) is 0 Å². The van der Waals surface area contributed by atoms with Gasteiger partial charge in [0.1, 0.15) is 0 Å². The zero-order valence-corrected chi connectivity index (χ0v) is 11.1. The maximum absolute atomic E-state index is 11.2. The molecular weight excluding hydrogens is 280 g/mol. The fourth-order valence-electron chi connectivity index (χ4n) is 1.62. The zero-order valence-electron chi connectivity index (χ0n) is 8.85. The van der Waals surface area contributed by atoms with Crippen molar-refractivity contribution in [2.45, 2.75) is 6.92 Å². The lowest BCUT2D eigenvalue weighted by Gasteiger charge is -2.10. The molecule has 5 heteroatoms. The third kappa shape index (κ3) is 2.34. The van der Waals surface area contributed by atoms with Gasteiger partial charge in [-0.25, -0.2) is 0 Å². The van der Waals surface area contributed by atoms with Crippen LogP contribution in [-0.4, -0.2) is 4.98 Å². The van der Waals surface area contributed by atoms with Crippen molar-refractivity contribution in [3.8, 4) is 11.1 Å². The molecule has 0 fully saturated rings. The van der Waals surface area contributed by atoms with Gasteiger partial charge in [-0.3, -0.25) is 4.79 Å². The Hall–Kier alpha value is -0.960. The Kier molecular flexibility index (Phi) is 3.48. The minimum absolute atomic E-state index is 0.166. The molecule has 0 saturated carbocycles. The number of rotatable bonds is 1. The summed E-state index contributed by atoms with van der Waals surface area (Å²) in [4.78, 5) is 13.9. The summed E-state index contributed by atoms with van der Waals surface area (Å²) in [6.45, 7) is 1.78. The molecule has 17 heavy (non-hydrogen) atoms. The molecule has 0 atom stereocenters. The first-order chi connectivity index (χ1) is 8.00. The molecule has 0 aliphatic rings. The molecule has 1 aromatic carbocycles. The van der Waals surface area contributed by atoms with E-state index in [0.717, 1.165) is 5.56 Å². The van der Waals surface area contributed by atoms with Crippen LogP contribution in [0.2, 0.25) is 15.1 Å². The van der Waals surface area contributed by atoms with Crippen molar-refractivity contribution < 1.29 is 0 Å². The topological polar surface area (TPSA) is 32.9 Å². The van der Waals surface area contributed by atoms with Gasteiger partial charge in [0.25, 0.3) is 0 Å². The molecule has 1 aromatic heterocycles. The molecule has 2 nitrogen and oxygen atoms in total. The van der Waals surface area contributed by atoms with Crippen LogP contribution in [0.4, 0.5) is 0 Å². The molecule has 88 valence electrons. The van der Waals surface area contributed by atoms with E-state index in [-0.39, 0.29) is 5.56 Å². The van der Waals surface area contributed by atoms with Gasteiger partial charge in [0.15, 0.2) is 0 Å². The van der Waals surface area contributed by atoms with Gasteiger partial charge in [-0.05, 0) is 25.1 Å². The summed E-state index contributed by atoms with van der Waals surface area (Å²) in [6.07, 6.45) is 0. The molecule has 0 spiro atoms. The Morgan fingerprint density at radius 2 is 1.65 bits per heavy atom. The van der Waals surface area contributed by atoms with Crippen LogP contribution >= 0.6 is 34.8 Å². The number of pyridine rings is 1. The fourth-order valence-corrected chi connectivity index (χ4v) is 2.35. The Bertz CT molecular complexity index is 634. The van der Waals surface area contributed by atoms with E-state index in [1.54, 1.807) is 25.1 Å². The summed E-state index contributed by atoms with van der Waals surface area (Å²) in [5.41, 5.74) is 1.93. The summed E-state index contributed by atoms with van der Waals surface area (Å²) < 4.78 is 0. The van der Waals surface area contributed by atoms with Gasteiger partial charge in [-0.1, -0.05) is 34.8 Å². The SMILES string of the molecule is Cc1[nH]c(=O)ccc1-c1c(Cl)ccc(Cl)c1Cl. The molecule has 0 saturated heterocycles. The van der Waals surface area contributed by atoms with Crippen LogP contribution < -0.4 is 5.56 Å². The molecule has 2 aromatic rings. The molecular formula is C12H8Cl3NO. The minimum Gasteiger partial charge on any atom is -0.326 e. The van der Waals surface area contributed by atoms with E-state index in [0.29, 0.717) is 26.3 Å². The van der Waals surface area contributed by atoms with Crippen LogP contribution in [0, 0.1) is 6.92 Å². The van der Waals surface area contributed by atoms with E-state index in [4.69, 9.17) is 34.8 Å². The van der Waals surface area contributed by atoms with Crippen LogP contribution in [0.3, 0.4) is 0 Å². The lowest BCUT2D eigenvalue weighted by atomic mass is 10.0. The van der Waals surface area contributed by atoms with Gasteiger partial charge >= 0.3 is 0 Å². The molecule has 0 radical (unpaired) electrons. The Morgan fingerprint density at radius 3 is 2.29 bits per heavy atom. The molecule has 0 bridgehead atoms. The average molecular weight is 289 g/mol. The number of nitrogens with one attached hydrogen (secondary N) is 1. The van der Waals surface area contributed by atoms with Crippen LogP contribution in [0.15, 0.2) is 29.1 Å². The van der Waals surface area contributed by atoms with E-state index < -0.39 is 0 Å². The standard InChI is InChI=1S/C12H8Cl3NO/c1-6-7(2-5-10(17)16-6)11-8(13)3-4-9(14)12(11)15/h2-5H,1H3,(H,16,17). The monoisotopic (exact) mass is 287 g/mol. The van der Waals surface area contributed by atoms with Gasteiger partial charge in [0.05, 0.1) is 15.1 Å². The van der Waals surface area contributed by atoms with Crippen molar-refractivity contribution in [2.24, 2.45) is 0 Å². The second kappa shape index (κ2) is 4.73. The number of benzene rings is 1. The highest BCUT2D eigenvalue weighted by molar-refractivity contribution is 6.46. The number of hydrogen-bond donors (Lipinski definition) is 1. The summed E-state index contributed by atoms with van der Waals surface area (Å²) in [5, 5.41) is 1.31. The third-order valence-electron chi connectivity index (χ3n) is 2.43. The second-order valence-corrected chi connectivity index (χ2v) is 4.77. The van der Waals surface area contributed by atoms with Crippen LogP contribution in [0.5, 0.6) is 0 Å². The molecule has 1 N–H and O–H groups in total. The average Bonchev–Trinajstić information content (AvgIpc) is 2.27. The number of aryl methyl sites for hydroxylation is 1. The quantitative estimate of drug-likeness (QED) is 0.779. The summed E-state index contributed by atoms with van der Waals surface area (Å²) >= 11 is 18.2. The first-order valence-corrected chi connectivity index (χ1v) is 5.98. The lowest BCUT2D eigenvalue weighted by Crippen LogP contribution is -2.05. The number of halogens is 3. The largest absolute Gasteiger partial charge is 0.326 e. The van der Waals surface area contributed by atoms with Gasteiger partial charge in [-0.2, -0.15) is 0 Å². The smallest absolute Gasteiger partial charge is 0.248 e. The number of hydrogen-bond acceptors (Lipinski definition) is 1. The molecule has 1 heterocycles. The predicted molar refractivity (Wildman–Crippen MR) is 72.3 cm³/mol. The second-order valence-electron chi connectivity index (χ2n) is 3.58. The highest BCUT2D eigenvalue weighted by Gasteiger charge is 2.13. The highest BCUT2D eigenvalue weighted by atomic mass is 35.5. The van der Waals surface area contributed by atoms with Crippen molar-refractivity contribution in [3.05, 3.63) is 55.4 Å². The van der Waals surface area contributed by atoms with E-state index >= 15 is 0 Å². The van der Waals surface area contributed by atoms with Gasteiger partial charge < -0.3 is 4.98 Å². The van der Waals surface area contributed by atoms with Crippen molar-refractivity contribution >= 4 is 34.8 Å². The first kappa shape index (κ1) is 12.5. The summed E-state index contributed by atoms with van der Waals surface area (Å²) in [7, 11) is 0. The van der Waals surface area contributed by atoms with Gasteiger partial charge in [0, 0.05) is 22.9 Å². The number of H-pyrrole nitrogens is 1. The number of aromatic nitrogens is 1. The molecule has 0 amide bonds. The van der Waals surface area contributed by atoms with Crippen molar-refractivity contribution in [1.29, 1.82) is 0 Å². The van der Waals surface area contributed by atoms with Crippen LogP contribution in [0.1, 0.15) is 5.69 Å². The molecule has 0 aliphatic carbocycles. The van der Waals surface area contributed by atoms with E-state index in [9.17, 15) is 4.79 Å². The van der Waals surface area contributed by atoms with Gasteiger partial charge in [0.2, 0.25) is 5.56 Å². The fraction of sp³-hybridized carbons (Fsp3) is 0.0833. The third-order valence-corrected chi connectivity index (χ3v) is 3.55. The minimum atomic E-state index is -0.166. The maximum Gasteiger partial charge on any atom is 0.248 e. The normalized spacial score (nSPS) is 10.6. The van der Waals surface area contributed by atoms with E-state index in [1.807, 2.05) is 0 Å². The highest BCUT2D eigenvalue weighted by Crippen LogP contribution is 2.39. The Labute approximate surface area is 113 Å².